The molecule has 1 N–H and O–H groups in total. The van der Waals surface area contributed by atoms with E-state index in [2.05, 4.69) is 49.2 Å². The summed E-state index contributed by atoms with van der Waals surface area (Å²) in [5, 5.41) is 3.63. The van der Waals surface area contributed by atoms with E-state index >= 15 is 0 Å². The number of unbranched alkanes of at least 4 members (excludes halogenated alkanes) is 1. The monoisotopic (exact) mass is 398 g/mol. The van der Waals surface area contributed by atoms with E-state index in [4.69, 9.17) is 4.74 Å². The predicted molar refractivity (Wildman–Crippen MR) is 122 cm³/mol. The normalized spacial score (nSPS) is 29.1. The molecule has 1 aromatic carbocycles. The highest BCUT2D eigenvalue weighted by molar-refractivity contribution is 5.45. The Bertz CT molecular complexity index is 683. The molecule has 1 heterocycles. The summed E-state index contributed by atoms with van der Waals surface area (Å²) in [5.41, 5.74) is 3.54. The molecule has 2 aliphatic carbocycles. The Balaban J connectivity index is 1.51. The first-order valence-electron chi connectivity index (χ1n) is 12.2. The molecule has 2 fully saturated rings. The van der Waals surface area contributed by atoms with E-state index in [1.807, 2.05) is 7.11 Å². The zero-order chi connectivity index (χ0) is 20.4. The molecule has 0 radical (unpaired) electrons. The standard InChI is InChI=1S/C26H42N2O/c1-19(2)17-27-13-6-5-11-26-12-14-28(18-21-7-8-21)25(20(26)3)15-22-9-10-23(29-4)16-24(22)26/h9-10,16,19-21,25,27H,5-8,11-15,17-18H2,1-4H3/t20-,25?,26-/m0/s1. The Morgan fingerprint density at radius 1 is 1.24 bits per heavy atom. The number of nitrogens with one attached hydrogen (secondary N) is 1. The molecule has 29 heavy (non-hydrogen) atoms. The van der Waals surface area contributed by atoms with Crippen molar-refractivity contribution in [3.8, 4) is 5.75 Å². The number of hydrogen-bond acceptors (Lipinski definition) is 3. The maximum absolute atomic E-state index is 5.64. The van der Waals surface area contributed by atoms with Gasteiger partial charge >= 0.3 is 0 Å². The van der Waals surface area contributed by atoms with Crippen LogP contribution in [0.2, 0.25) is 0 Å². The van der Waals surface area contributed by atoms with Gasteiger partial charge in [-0.15, -0.1) is 0 Å². The Labute approximate surface area is 178 Å². The van der Waals surface area contributed by atoms with Crippen LogP contribution in [0.4, 0.5) is 0 Å². The van der Waals surface area contributed by atoms with E-state index < -0.39 is 0 Å². The third-order valence-electron chi connectivity index (χ3n) is 8.01. The van der Waals surface area contributed by atoms with Crippen LogP contribution in [0.1, 0.15) is 70.4 Å². The molecule has 3 aliphatic rings. The highest BCUT2D eigenvalue weighted by Gasteiger charge is 2.51. The molecule has 0 amide bonds. The molecule has 3 nitrogen and oxygen atoms in total. The molecule has 162 valence electrons. The molecule has 0 aromatic heterocycles. The van der Waals surface area contributed by atoms with Crippen molar-refractivity contribution >= 4 is 0 Å². The number of piperidine rings is 1. The third-order valence-corrected chi connectivity index (χ3v) is 8.01. The van der Waals surface area contributed by atoms with Crippen LogP contribution in [0.25, 0.3) is 0 Å². The SMILES string of the molecule is COc1ccc2c(c1)[C@@]1(CCCCNCC(C)C)CCN(CC3CC3)C(C2)[C@@H]1C. The molecule has 1 unspecified atom stereocenters. The molecule has 1 aromatic rings. The molecule has 1 saturated heterocycles. The van der Waals surface area contributed by atoms with Crippen molar-refractivity contribution < 1.29 is 4.74 Å². The minimum atomic E-state index is 0.338. The number of hydrogen-bond donors (Lipinski definition) is 1. The Morgan fingerprint density at radius 3 is 2.79 bits per heavy atom. The second kappa shape index (κ2) is 8.98. The Morgan fingerprint density at radius 2 is 2.07 bits per heavy atom. The molecular weight excluding hydrogens is 356 g/mol. The van der Waals surface area contributed by atoms with Crippen LogP contribution >= 0.6 is 0 Å². The summed E-state index contributed by atoms with van der Waals surface area (Å²) in [6.45, 7) is 12.1. The lowest BCUT2D eigenvalue weighted by Gasteiger charge is -2.56. The largest absolute Gasteiger partial charge is 0.497 e. The minimum absolute atomic E-state index is 0.338. The van der Waals surface area contributed by atoms with Gasteiger partial charge in [-0.25, -0.2) is 0 Å². The fraction of sp³-hybridized carbons (Fsp3) is 0.769. The van der Waals surface area contributed by atoms with Crippen molar-refractivity contribution in [3.63, 3.8) is 0 Å². The topological polar surface area (TPSA) is 24.5 Å². The highest BCUT2D eigenvalue weighted by atomic mass is 16.5. The number of nitrogens with zero attached hydrogens (tertiary/aromatic N) is 1. The zero-order valence-electron chi connectivity index (χ0n) is 19.2. The first-order chi connectivity index (χ1) is 14.0. The van der Waals surface area contributed by atoms with Crippen LogP contribution in [-0.4, -0.2) is 44.2 Å². The van der Waals surface area contributed by atoms with Gasteiger partial charge < -0.3 is 10.1 Å². The van der Waals surface area contributed by atoms with Crippen LogP contribution in [0.3, 0.4) is 0 Å². The predicted octanol–water partition coefficient (Wildman–Crippen LogP) is 5.03. The summed E-state index contributed by atoms with van der Waals surface area (Å²) in [6, 6.07) is 7.66. The van der Waals surface area contributed by atoms with E-state index in [1.165, 1.54) is 58.0 Å². The molecule has 3 atom stereocenters. The highest BCUT2D eigenvalue weighted by Crippen LogP contribution is 2.52. The molecule has 2 bridgehead atoms. The van der Waals surface area contributed by atoms with Crippen LogP contribution in [0, 0.1) is 17.8 Å². The van der Waals surface area contributed by atoms with Crippen molar-refractivity contribution in [3.05, 3.63) is 29.3 Å². The van der Waals surface area contributed by atoms with E-state index in [0.717, 1.165) is 42.6 Å². The maximum atomic E-state index is 5.64. The molecule has 0 spiro atoms. The molecular formula is C26H42N2O. The van der Waals surface area contributed by atoms with Crippen molar-refractivity contribution in [1.82, 2.24) is 10.2 Å². The summed E-state index contributed by atoms with van der Waals surface area (Å²) in [6.07, 6.45) is 9.39. The Kier molecular flexibility index (Phi) is 6.56. The van der Waals surface area contributed by atoms with Crippen molar-refractivity contribution in [2.24, 2.45) is 17.8 Å². The number of benzene rings is 1. The summed E-state index contributed by atoms with van der Waals surface area (Å²) >= 11 is 0. The van der Waals surface area contributed by atoms with Crippen LogP contribution < -0.4 is 10.1 Å². The van der Waals surface area contributed by atoms with Crippen LogP contribution in [0.5, 0.6) is 5.75 Å². The first kappa shape index (κ1) is 21.2. The lowest BCUT2D eigenvalue weighted by atomic mass is 9.56. The van der Waals surface area contributed by atoms with Gasteiger partial charge in [0.25, 0.3) is 0 Å². The first-order valence-corrected chi connectivity index (χ1v) is 12.2. The summed E-state index contributed by atoms with van der Waals surface area (Å²) in [5.74, 6) is 3.49. The number of likely N-dealkylation sites (tertiary alicyclic amines) is 1. The number of rotatable bonds is 10. The van der Waals surface area contributed by atoms with Crippen LogP contribution in [-0.2, 0) is 11.8 Å². The van der Waals surface area contributed by atoms with Crippen molar-refractivity contribution in [1.29, 1.82) is 0 Å². The lowest BCUT2D eigenvalue weighted by Crippen LogP contribution is -2.59. The van der Waals surface area contributed by atoms with Gasteiger partial charge in [-0.1, -0.05) is 33.3 Å². The van der Waals surface area contributed by atoms with E-state index in [1.54, 1.807) is 11.1 Å². The van der Waals surface area contributed by atoms with Crippen molar-refractivity contribution in [2.75, 3.05) is 33.3 Å². The number of fused-ring (bicyclic) bond motifs is 4. The summed E-state index contributed by atoms with van der Waals surface area (Å²) in [4.78, 5) is 2.86. The quantitative estimate of drug-likeness (QED) is 0.560. The second-order valence-corrected chi connectivity index (χ2v) is 10.5. The van der Waals surface area contributed by atoms with Gasteiger partial charge in [-0.3, -0.25) is 4.90 Å². The number of ether oxygens (including phenoxy) is 1. The summed E-state index contributed by atoms with van der Waals surface area (Å²) in [7, 11) is 1.81. The fourth-order valence-electron chi connectivity index (χ4n) is 6.08. The average molecular weight is 399 g/mol. The van der Waals surface area contributed by atoms with Crippen molar-refractivity contribution in [2.45, 2.75) is 77.2 Å². The molecule has 4 rings (SSSR count). The second-order valence-electron chi connectivity index (χ2n) is 10.5. The van der Waals surface area contributed by atoms with Crippen LogP contribution in [0.15, 0.2) is 18.2 Å². The van der Waals surface area contributed by atoms with Gasteiger partial charge in [0.15, 0.2) is 0 Å². The minimum Gasteiger partial charge on any atom is -0.497 e. The van der Waals surface area contributed by atoms with Gasteiger partial charge in [0.05, 0.1) is 7.11 Å². The van der Waals surface area contributed by atoms with E-state index in [9.17, 15) is 0 Å². The maximum Gasteiger partial charge on any atom is 0.119 e. The van der Waals surface area contributed by atoms with Gasteiger partial charge in [0, 0.05) is 18.0 Å². The Hall–Kier alpha value is -1.06. The lowest BCUT2D eigenvalue weighted by molar-refractivity contribution is 0.0146. The third kappa shape index (κ3) is 4.51. The fourth-order valence-corrected chi connectivity index (χ4v) is 6.08. The van der Waals surface area contributed by atoms with Gasteiger partial charge in [-0.05, 0) is 99.2 Å². The molecule has 1 aliphatic heterocycles. The summed E-state index contributed by atoms with van der Waals surface area (Å²) < 4.78 is 5.64. The average Bonchev–Trinajstić information content (AvgIpc) is 3.52. The number of methoxy groups -OCH3 is 1. The smallest absolute Gasteiger partial charge is 0.119 e. The van der Waals surface area contributed by atoms with E-state index in [0.29, 0.717) is 5.41 Å². The van der Waals surface area contributed by atoms with Gasteiger partial charge in [0.1, 0.15) is 5.75 Å². The van der Waals surface area contributed by atoms with Gasteiger partial charge in [0.2, 0.25) is 0 Å². The molecule has 3 heteroatoms. The van der Waals surface area contributed by atoms with Gasteiger partial charge in [-0.2, -0.15) is 0 Å². The van der Waals surface area contributed by atoms with E-state index in [-0.39, 0.29) is 0 Å². The molecule has 1 saturated carbocycles. The zero-order valence-corrected chi connectivity index (χ0v) is 19.2.